The molecule has 2 aliphatic rings. The fourth-order valence-electron chi connectivity index (χ4n) is 3.44. The molecule has 2 fully saturated rings. The number of likely N-dealkylation sites (tertiary alicyclic amines) is 1. The number of carbonyl (C=O) groups is 1. The molecule has 0 aromatic rings. The quantitative estimate of drug-likeness (QED) is 0.539. The molecule has 2 unspecified atom stereocenters. The fraction of sp³-hybridized carbons (Fsp3) is 0.800. The molecule has 2 atom stereocenters. The van der Waals surface area contributed by atoms with E-state index in [-0.39, 0.29) is 0 Å². The Balaban J connectivity index is 1.88. The second kappa shape index (κ2) is 6.34. The number of Topliss-reactive ketones (excluding diaryl/α,β-unsaturated/α-hetero) is 1. The van der Waals surface area contributed by atoms with E-state index in [1.807, 2.05) is 6.08 Å². The predicted molar refractivity (Wildman–Crippen MR) is 71.0 cm³/mol. The largest absolute Gasteiger partial charge is 0.300 e. The molecule has 2 rings (SSSR count). The highest BCUT2D eigenvalue weighted by Gasteiger charge is 2.36. The highest BCUT2D eigenvalue weighted by molar-refractivity contribution is 5.82. The number of hydrogen-bond donors (Lipinski definition) is 0. The van der Waals surface area contributed by atoms with Crippen LogP contribution in [-0.2, 0) is 4.79 Å². The first-order valence-corrected chi connectivity index (χ1v) is 7.20. The molecule has 1 aliphatic carbocycles. The minimum absolute atomic E-state index is 0.356. The molecule has 1 heterocycles. The summed E-state index contributed by atoms with van der Waals surface area (Å²) in [5, 5.41) is 0. The van der Waals surface area contributed by atoms with E-state index in [1.54, 1.807) is 0 Å². The Morgan fingerprint density at radius 3 is 2.94 bits per heavy atom. The van der Waals surface area contributed by atoms with Gasteiger partial charge in [0.2, 0.25) is 0 Å². The van der Waals surface area contributed by atoms with Crippen molar-refractivity contribution in [1.82, 2.24) is 4.90 Å². The summed E-state index contributed by atoms with van der Waals surface area (Å²) in [4.78, 5) is 14.6. The first kappa shape index (κ1) is 12.8. The summed E-state index contributed by atoms with van der Waals surface area (Å²) in [5.41, 5.74) is 0. The van der Waals surface area contributed by atoms with E-state index in [2.05, 4.69) is 11.5 Å². The molecule has 0 aromatic heterocycles. The third kappa shape index (κ3) is 3.19. The van der Waals surface area contributed by atoms with Gasteiger partial charge in [-0.25, -0.2) is 0 Å². The van der Waals surface area contributed by atoms with Gasteiger partial charge in [0.05, 0.1) is 0 Å². The van der Waals surface area contributed by atoms with Gasteiger partial charge in [-0.05, 0) is 51.6 Å². The Hall–Kier alpha value is -0.630. The van der Waals surface area contributed by atoms with Crippen LogP contribution in [0, 0.1) is 5.92 Å². The van der Waals surface area contributed by atoms with E-state index in [9.17, 15) is 4.79 Å². The van der Waals surface area contributed by atoms with Crippen LogP contribution in [0.2, 0.25) is 0 Å². The van der Waals surface area contributed by atoms with Crippen LogP contribution < -0.4 is 0 Å². The Morgan fingerprint density at radius 1 is 1.29 bits per heavy atom. The van der Waals surface area contributed by atoms with Gasteiger partial charge in [-0.1, -0.05) is 12.5 Å². The predicted octanol–water partition coefficient (Wildman–Crippen LogP) is 3.18. The smallest absolute Gasteiger partial charge is 0.137 e. The van der Waals surface area contributed by atoms with Crippen LogP contribution in [0.1, 0.15) is 51.4 Å². The third-order valence-electron chi connectivity index (χ3n) is 4.33. The lowest BCUT2D eigenvalue weighted by Gasteiger charge is -2.33. The molecule has 0 amide bonds. The molecule has 96 valence electrons. The van der Waals surface area contributed by atoms with Gasteiger partial charge >= 0.3 is 0 Å². The minimum Gasteiger partial charge on any atom is -0.300 e. The van der Waals surface area contributed by atoms with Crippen molar-refractivity contribution in [3.05, 3.63) is 12.7 Å². The van der Waals surface area contributed by atoms with Crippen LogP contribution in [0.5, 0.6) is 0 Å². The lowest BCUT2D eigenvalue weighted by molar-refractivity contribution is -0.126. The van der Waals surface area contributed by atoms with E-state index in [0.717, 1.165) is 32.2 Å². The molecule has 0 radical (unpaired) electrons. The Labute approximate surface area is 105 Å². The standard InChI is InChI=1S/C15H25NO/c1-2-3-6-11-16-12-7-9-14(16)13-8-4-5-10-15(13)17/h2,13-14H,1,3-12H2. The number of ketones is 1. The van der Waals surface area contributed by atoms with E-state index in [4.69, 9.17) is 0 Å². The minimum atomic E-state index is 0.356. The number of unbranched alkanes of at least 4 members (excludes halogenated alkanes) is 1. The lowest BCUT2D eigenvalue weighted by Crippen LogP contribution is -2.41. The summed E-state index contributed by atoms with van der Waals surface area (Å²) in [6, 6.07) is 0.563. The maximum absolute atomic E-state index is 12.0. The van der Waals surface area contributed by atoms with Crippen molar-refractivity contribution in [1.29, 1.82) is 0 Å². The molecule has 0 aromatic carbocycles. The third-order valence-corrected chi connectivity index (χ3v) is 4.33. The number of carbonyl (C=O) groups excluding carboxylic acids is 1. The van der Waals surface area contributed by atoms with E-state index < -0.39 is 0 Å². The zero-order valence-electron chi connectivity index (χ0n) is 10.9. The number of allylic oxidation sites excluding steroid dienone is 1. The molecular weight excluding hydrogens is 210 g/mol. The molecular formula is C15H25NO. The summed E-state index contributed by atoms with van der Waals surface area (Å²) in [5.74, 6) is 0.895. The molecule has 1 saturated heterocycles. The van der Waals surface area contributed by atoms with Crippen molar-refractivity contribution in [2.24, 2.45) is 5.92 Å². The topological polar surface area (TPSA) is 20.3 Å². The zero-order valence-corrected chi connectivity index (χ0v) is 10.9. The molecule has 2 heteroatoms. The van der Waals surface area contributed by atoms with Crippen molar-refractivity contribution in [3.63, 3.8) is 0 Å². The number of rotatable bonds is 5. The van der Waals surface area contributed by atoms with Crippen molar-refractivity contribution < 1.29 is 4.79 Å². The summed E-state index contributed by atoms with van der Waals surface area (Å²) < 4.78 is 0. The van der Waals surface area contributed by atoms with Crippen molar-refractivity contribution in [2.75, 3.05) is 13.1 Å². The maximum Gasteiger partial charge on any atom is 0.137 e. The van der Waals surface area contributed by atoms with Crippen LogP contribution in [0.4, 0.5) is 0 Å². The van der Waals surface area contributed by atoms with Gasteiger partial charge in [-0.3, -0.25) is 9.69 Å². The summed E-state index contributed by atoms with van der Waals surface area (Å²) in [7, 11) is 0. The average molecular weight is 235 g/mol. The summed E-state index contributed by atoms with van der Waals surface area (Å²) in [6.45, 7) is 6.13. The Kier molecular flexibility index (Phi) is 4.78. The SMILES string of the molecule is C=CCCCN1CCCC1C1CCCCC1=O. The highest BCUT2D eigenvalue weighted by Crippen LogP contribution is 2.32. The Bertz CT molecular complexity index is 274. The van der Waals surface area contributed by atoms with Gasteiger partial charge in [0.25, 0.3) is 0 Å². The van der Waals surface area contributed by atoms with Crippen LogP contribution in [0.25, 0.3) is 0 Å². The van der Waals surface area contributed by atoms with Crippen LogP contribution in [0.15, 0.2) is 12.7 Å². The average Bonchev–Trinajstić information content (AvgIpc) is 2.78. The first-order chi connectivity index (χ1) is 8.33. The van der Waals surface area contributed by atoms with Crippen molar-refractivity contribution in [3.8, 4) is 0 Å². The van der Waals surface area contributed by atoms with E-state index in [1.165, 1.54) is 32.2 Å². The number of nitrogens with zero attached hydrogens (tertiary/aromatic N) is 1. The molecule has 1 aliphatic heterocycles. The molecule has 0 bridgehead atoms. The second-order valence-corrected chi connectivity index (χ2v) is 5.50. The number of hydrogen-bond acceptors (Lipinski definition) is 2. The van der Waals surface area contributed by atoms with Gasteiger partial charge in [0.1, 0.15) is 5.78 Å². The van der Waals surface area contributed by atoms with Gasteiger partial charge in [-0.2, -0.15) is 0 Å². The lowest BCUT2D eigenvalue weighted by atomic mass is 9.82. The van der Waals surface area contributed by atoms with Gasteiger partial charge < -0.3 is 0 Å². The van der Waals surface area contributed by atoms with Gasteiger partial charge in [0.15, 0.2) is 0 Å². The highest BCUT2D eigenvalue weighted by atomic mass is 16.1. The summed E-state index contributed by atoms with van der Waals surface area (Å²) in [6.07, 6.45) is 11.2. The molecule has 0 N–H and O–H groups in total. The molecule has 1 saturated carbocycles. The van der Waals surface area contributed by atoms with E-state index in [0.29, 0.717) is 17.7 Å². The van der Waals surface area contributed by atoms with Crippen molar-refractivity contribution in [2.45, 2.75) is 57.4 Å². The monoisotopic (exact) mass is 235 g/mol. The van der Waals surface area contributed by atoms with Crippen LogP contribution in [0.3, 0.4) is 0 Å². The zero-order chi connectivity index (χ0) is 12.1. The second-order valence-electron chi connectivity index (χ2n) is 5.50. The van der Waals surface area contributed by atoms with Crippen LogP contribution in [-0.4, -0.2) is 29.8 Å². The van der Waals surface area contributed by atoms with E-state index >= 15 is 0 Å². The van der Waals surface area contributed by atoms with Crippen LogP contribution >= 0.6 is 0 Å². The van der Waals surface area contributed by atoms with Gasteiger partial charge in [0, 0.05) is 18.4 Å². The summed E-state index contributed by atoms with van der Waals surface area (Å²) >= 11 is 0. The first-order valence-electron chi connectivity index (χ1n) is 7.20. The van der Waals surface area contributed by atoms with Crippen molar-refractivity contribution >= 4 is 5.78 Å². The molecule has 0 spiro atoms. The normalized spacial score (nSPS) is 30.7. The van der Waals surface area contributed by atoms with Gasteiger partial charge in [-0.15, -0.1) is 6.58 Å². The molecule has 17 heavy (non-hydrogen) atoms. The maximum atomic E-state index is 12.0. The fourth-order valence-corrected chi connectivity index (χ4v) is 3.44. The Morgan fingerprint density at radius 2 is 2.18 bits per heavy atom. The molecule has 2 nitrogen and oxygen atoms in total.